The lowest BCUT2D eigenvalue weighted by Gasteiger charge is -2.22. The fraction of sp³-hybridized carbons (Fsp3) is 0.467. The molecule has 0 aliphatic rings. The average molecular weight is 294 g/mol. The van der Waals surface area contributed by atoms with Crippen molar-refractivity contribution in [2.75, 3.05) is 20.7 Å². The predicted molar refractivity (Wildman–Crippen MR) is 79.6 cm³/mol. The minimum atomic E-state index is -0.928. The number of carbonyl (C=O) groups is 2. The summed E-state index contributed by atoms with van der Waals surface area (Å²) in [5.41, 5.74) is 1.96. The van der Waals surface area contributed by atoms with Crippen molar-refractivity contribution in [2.45, 2.75) is 26.3 Å². The third-order valence-electron chi connectivity index (χ3n) is 3.20. The molecule has 1 atom stereocenters. The highest BCUT2D eigenvalue weighted by Crippen LogP contribution is 2.26. The maximum Gasteiger partial charge on any atom is 0.317 e. The number of benzene rings is 1. The van der Waals surface area contributed by atoms with E-state index < -0.39 is 5.97 Å². The van der Waals surface area contributed by atoms with Crippen LogP contribution in [0.1, 0.15) is 30.5 Å². The molecule has 1 rings (SSSR count). The van der Waals surface area contributed by atoms with E-state index in [2.05, 4.69) is 5.32 Å². The van der Waals surface area contributed by atoms with E-state index >= 15 is 0 Å². The molecule has 1 aromatic rings. The van der Waals surface area contributed by atoms with Crippen LogP contribution in [0.3, 0.4) is 0 Å². The molecule has 0 heterocycles. The number of carboxylic acid groups (broad SMARTS) is 1. The van der Waals surface area contributed by atoms with Gasteiger partial charge in [0.05, 0.1) is 19.6 Å². The van der Waals surface area contributed by atoms with Gasteiger partial charge < -0.3 is 20.1 Å². The summed E-state index contributed by atoms with van der Waals surface area (Å²) in [6.07, 6.45) is -0.0773. The van der Waals surface area contributed by atoms with Crippen molar-refractivity contribution in [3.05, 3.63) is 29.3 Å². The van der Waals surface area contributed by atoms with Crippen molar-refractivity contribution >= 4 is 12.0 Å². The van der Waals surface area contributed by atoms with Crippen molar-refractivity contribution in [1.29, 1.82) is 0 Å². The number of amides is 2. The third-order valence-corrected chi connectivity index (χ3v) is 3.20. The zero-order valence-electron chi connectivity index (χ0n) is 12.8. The molecular formula is C15H22N2O4. The molecule has 0 bridgehead atoms. The molecule has 1 aromatic carbocycles. The number of hydrogen-bond donors (Lipinski definition) is 2. The molecule has 0 saturated heterocycles. The van der Waals surface area contributed by atoms with E-state index in [1.165, 1.54) is 4.90 Å². The summed E-state index contributed by atoms with van der Waals surface area (Å²) in [7, 11) is 3.15. The maximum absolute atomic E-state index is 12.0. The van der Waals surface area contributed by atoms with Crippen LogP contribution in [0.25, 0.3) is 0 Å². The van der Waals surface area contributed by atoms with Crippen molar-refractivity contribution < 1.29 is 19.4 Å². The van der Waals surface area contributed by atoms with E-state index in [1.54, 1.807) is 14.2 Å². The van der Waals surface area contributed by atoms with Gasteiger partial charge in [-0.15, -0.1) is 0 Å². The lowest BCUT2D eigenvalue weighted by Crippen LogP contribution is -2.39. The van der Waals surface area contributed by atoms with Gasteiger partial charge >= 0.3 is 12.0 Å². The standard InChI is InChI=1S/C15H22N2O4/c1-10-5-6-13(21-4)12(9-10)11(2)16-15(20)17(3)8-7-14(18)19/h5-6,9,11H,7-8H2,1-4H3,(H,16,20)(H,18,19)/t11-/m1/s1. The molecule has 6 heteroatoms. The van der Waals surface area contributed by atoms with Crippen LogP contribution in [0.2, 0.25) is 0 Å². The first-order valence-corrected chi connectivity index (χ1v) is 6.73. The Balaban J connectivity index is 2.72. The second-order valence-electron chi connectivity index (χ2n) is 4.98. The van der Waals surface area contributed by atoms with Crippen LogP contribution in [0.5, 0.6) is 5.75 Å². The highest BCUT2D eigenvalue weighted by atomic mass is 16.5. The number of ether oxygens (including phenoxy) is 1. The van der Waals surface area contributed by atoms with Gasteiger partial charge in [0.2, 0.25) is 0 Å². The molecule has 6 nitrogen and oxygen atoms in total. The van der Waals surface area contributed by atoms with Crippen LogP contribution < -0.4 is 10.1 Å². The first-order valence-electron chi connectivity index (χ1n) is 6.73. The summed E-state index contributed by atoms with van der Waals surface area (Å²) >= 11 is 0. The minimum Gasteiger partial charge on any atom is -0.496 e. The van der Waals surface area contributed by atoms with Crippen LogP contribution >= 0.6 is 0 Å². The van der Waals surface area contributed by atoms with Gasteiger partial charge in [-0.2, -0.15) is 0 Å². The van der Waals surface area contributed by atoms with E-state index in [0.29, 0.717) is 5.75 Å². The van der Waals surface area contributed by atoms with E-state index in [4.69, 9.17) is 9.84 Å². The van der Waals surface area contributed by atoms with Gasteiger partial charge in [-0.05, 0) is 19.9 Å². The van der Waals surface area contributed by atoms with Gasteiger partial charge in [-0.1, -0.05) is 17.7 Å². The third kappa shape index (κ3) is 4.98. The summed E-state index contributed by atoms with van der Waals surface area (Å²) in [5, 5.41) is 11.5. The van der Waals surface area contributed by atoms with Crippen LogP contribution in [-0.2, 0) is 4.79 Å². The highest BCUT2D eigenvalue weighted by Gasteiger charge is 2.17. The normalized spacial score (nSPS) is 11.6. The minimum absolute atomic E-state index is 0.0773. The Morgan fingerprint density at radius 1 is 1.43 bits per heavy atom. The molecule has 0 aromatic heterocycles. The fourth-order valence-electron chi connectivity index (χ4n) is 1.93. The summed E-state index contributed by atoms with van der Waals surface area (Å²) in [4.78, 5) is 23.9. The number of urea groups is 1. The Morgan fingerprint density at radius 2 is 2.10 bits per heavy atom. The van der Waals surface area contributed by atoms with Crippen LogP contribution in [0.15, 0.2) is 18.2 Å². The van der Waals surface area contributed by atoms with Gasteiger partial charge in [-0.3, -0.25) is 4.79 Å². The Bertz CT molecular complexity index is 516. The number of nitrogens with one attached hydrogen (secondary N) is 1. The van der Waals surface area contributed by atoms with Gasteiger partial charge in [0.15, 0.2) is 0 Å². The topological polar surface area (TPSA) is 78.9 Å². The van der Waals surface area contributed by atoms with Gasteiger partial charge in [0.1, 0.15) is 5.75 Å². The summed E-state index contributed by atoms with van der Waals surface area (Å²) in [5.74, 6) is -0.218. The largest absolute Gasteiger partial charge is 0.496 e. The number of carboxylic acids is 1. The second-order valence-corrected chi connectivity index (χ2v) is 4.98. The van der Waals surface area contributed by atoms with Gasteiger partial charge in [-0.25, -0.2) is 4.79 Å². The number of aliphatic carboxylic acids is 1. The van der Waals surface area contributed by atoms with Crippen LogP contribution in [-0.4, -0.2) is 42.7 Å². The average Bonchev–Trinajstić information content (AvgIpc) is 2.44. The number of rotatable bonds is 6. The predicted octanol–water partition coefficient (Wildman–Crippen LogP) is 2.18. The Kier molecular flexibility index (Phi) is 6.02. The molecular weight excluding hydrogens is 272 g/mol. The van der Waals surface area contributed by atoms with E-state index in [0.717, 1.165) is 11.1 Å². The number of aryl methyl sites for hydroxylation is 1. The van der Waals surface area contributed by atoms with Crippen molar-refractivity contribution in [1.82, 2.24) is 10.2 Å². The molecule has 2 amide bonds. The number of nitrogens with zero attached hydrogens (tertiary/aromatic N) is 1. The molecule has 21 heavy (non-hydrogen) atoms. The lowest BCUT2D eigenvalue weighted by molar-refractivity contribution is -0.137. The Labute approximate surface area is 124 Å². The molecule has 2 N–H and O–H groups in total. The molecule has 0 fully saturated rings. The van der Waals surface area contributed by atoms with Crippen molar-refractivity contribution in [3.63, 3.8) is 0 Å². The quantitative estimate of drug-likeness (QED) is 0.843. The number of methoxy groups -OCH3 is 1. The lowest BCUT2D eigenvalue weighted by atomic mass is 10.0. The Hall–Kier alpha value is -2.24. The van der Waals surface area contributed by atoms with Crippen LogP contribution in [0.4, 0.5) is 4.79 Å². The molecule has 116 valence electrons. The van der Waals surface area contributed by atoms with Gasteiger partial charge in [0.25, 0.3) is 0 Å². The van der Waals surface area contributed by atoms with E-state index in [1.807, 2.05) is 32.0 Å². The highest BCUT2D eigenvalue weighted by molar-refractivity contribution is 5.75. The SMILES string of the molecule is COc1ccc(C)cc1[C@@H](C)NC(=O)N(C)CCC(=O)O. The molecule has 0 aliphatic heterocycles. The van der Waals surface area contributed by atoms with Crippen molar-refractivity contribution in [3.8, 4) is 5.75 Å². The van der Waals surface area contributed by atoms with Crippen molar-refractivity contribution in [2.24, 2.45) is 0 Å². The molecule has 0 aliphatic carbocycles. The van der Waals surface area contributed by atoms with E-state index in [-0.39, 0.29) is 25.0 Å². The molecule has 0 saturated carbocycles. The van der Waals surface area contributed by atoms with Gasteiger partial charge in [0, 0.05) is 19.2 Å². The first kappa shape index (κ1) is 16.8. The monoisotopic (exact) mass is 294 g/mol. The number of carbonyl (C=O) groups excluding carboxylic acids is 1. The molecule has 0 radical (unpaired) electrons. The zero-order valence-corrected chi connectivity index (χ0v) is 12.8. The zero-order chi connectivity index (χ0) is 16.0. The smallest absolute Gasteiger partial charge is 0.317 e. The Morgan fingerprint density at radius 3 is 2.67 bits per heavy atom. The molecule has 0 unspecified atom stereocenters. The summed E-state index contributed by atoms with van der Waals surface area (Å²) in [6, 6.07) is 5.21. The fourth-order valence-corrected chi connectivity index (χ4v) is 1.93. The summed E-state index contributed by atoms with van der Waals surface area (Å²) in [6.45, 7) is 4.00. The summed E-state index contributed by atoms with van der Waals surface area (Å²) < 4.78 is 5.30. The maximum atomic E-state index is 12.0. The number of hydrogen-bond acceptors (Lipinski definition) is 3. The van der Waals surface area contributed by atoms with Crippen LogP contribution in [0, 0.1) is 6.92 Å². The molecule has 0 spiro atoms. The van der Waals surface area contributed by atoms with E-state index in [9.17, 15) is 9.59 Å². The second kappa shape index (κ2) is 7.52. The first-order chi connectivity index (χ1) is 9.85.